The molecule has 7 heteroatoms. The van der Waals surface area contributed by atoms with Gasteiger partial charge in [0.2, 0.25) is 5.95 Å². The van der Waals surface area contributed by atoms with Crippen molar-refractivity contribution in [1.82, 2.24) is 30.4 Å². The summed E-state index contributed by atoms with van der Waals surface area (Å²) >= 11 is 0. The van der Waals surface area contributed by atoms with E-state index in [0.717, 1.165) is 45.2 Å². The molecule has 0 saturated carbocycles. The third-order valence-electron chi connectivity index (χ3n) is 4.85. The van der Waals surface area contributed by atoms with E-state index < -0.39 is 0 Å². The van der Waals surface area contributed by atoms with E-state index >= 15 is 0 Å². The van der Waals surface area contributed by atoms with Gasteiger partial charge in [0, 0.05) is 39.3 Å². The van der Waals surface area contributed by atoms with Gasteiger partial charge >= 0.3 is 0 Å². The number of nitrogens with one attached hydrogen (secondary N) is 2. The summed E-state index contributed by atoms with van der Waals surface area (Å²) in [4.78, 5) is 2.44. The molecule has 7 nitrogen and oxygen atoms in total. The first-order chi connectivity index (χ1) is 13.4. The average molecular weight is 363 g/mol. The van der Waals surface area contributed by atoms with Crippen LogP contribution < -0.4 is 10.6 Å². The maximum absolute atomic E-state index is 4.13. The highest BCUT2D eigenvalue weighted by Gasteiger charge is 2.10. The fraction of sp³-hybridized carbons (Fsp3) is 0.350. The van der Waals surface area contributed by atoms with E-state index in [1.807, 2.05) is 10.7 Å². The zero-order valence-corrected chi connectivity index (χ0v) is 15.4. The summed E-state index contributed by atoms with van der Waals surface area (Å²) in [6.07, 6.45) is 0. The van der Waals surface area contributed by atoms with Gasteiger partial charge in [-0.2, -0.15) is 0 Å². The summed E-state index contributed by atoms with van der Waals surface area (Å²) in [6.45, 7) is 6.82. The second-order valence-corrected chi connectivity index (χ2v) is 6.74. The van der Waals surface area contributed by atoms with Gasteiger partial charge in [0.1, 0.15) is 0 Å². The van der Waals surface area contributed by atoms with Gasteiger partial charge < -0.3 is 10.6 Å². The van der Waals surface area contributed by atoms with Crippen LogP contribution in [0.5, 0.6) is 0 Å². The molecule has 4 rings (SSSR count). The summed E-state index contributed by atoms with van der Waals surface area (Å²) in [7, 11) is 0. The predicted octanol–water partition coefficient (Wildman–Crippen LogP) is 1.71. The van der Waals surface area contributed by atoms with Crippen molar-refractivity contribution in [2.75, 3.05) is 44.6 Å². The first kappa shape index (κ1) is 17.6. The van der Waals surface area contributed by atoms with Crippen LogP contribution in [-0.4, -0.2) is 64.4 Å². The van der Waals surface area contributed by atoms with Crippen LogP contribution >= 0.6 is 0 Å². The van der Waals surface area contributed by atoms with E-state index in [1.165, 1.54) is 16.7 Å². The van der Waals surface area contributed by atoms with Crippen LogP contribution in [0.1, 0.15) is 5.56 Å². The van der Waals surface area contributed by atoms with Crippen LogP contribution in [0.25, 0.3) is 11.1 Å². The monoisotopic (exact) mass is 363 g/mol. The van der Waals surface area contributed by atoms with Gasteiger partial charge in [-0.25, -0.2) is 4.68 Å². The number of anilines is 1. The molecule has 1 aliphatic heterocycles. The Morgan fingerprint density at radius 2 is 1.67 bits per heavy atom. The molecule has 0 bridgehead atoms. The smallest absolute Gasteiger partial charge is 0.243 e. The molecule has 2 heterocycles. The summed E-state index contributed by atoms with van der Waals surface area (Å²) in [6, 6.07) is 19.0. The van der Waals surface area contributed by atoms with Crippen LogP contribution in [0.3, 0.4) is 0 Å². The SMILES string of the molecule is c1ccc(-c2ccc(Cn3nnnc3NCCN3CCNCC3)cc2)cc1. The van der Waals surface area contributed by atoms with Crippen molar-refractivity contribution in [3.8, 4) is 11.1 Å². The number of nitrogens with zero attached hydrogens (tertiary/aromatic N) is 5. The zero-order chi connectivity index (χ0) is 18.3. The van der Waals surface area contributed by atoms with Gasteiger partial charge in [0.05, 0.1) is 6.54 Å². The number of rotatable bonds is 7. The third-order valence-corrected chi connectivity index (χ3v) is 4.85. The standard InChI is InChI=1S/C20H25N7/c1-2-4-18(5-3-1)19-8-6-17(7-9-19)16-27-20(23-24-25-27)22-12-15-26-13-10-21-11-14-26/h1-9,21H,10-16H2,(H,22,23,25). The number of piperazine rings is 1. The quantitative estimate of drug-likeness (QED) is 0.666. The van der Waals surface area contributed by atoms with Gasteiger partial charge in [0.15, 0.2) is 0 Å². The van der Waals surface area contributed by atoms with E-state index in [1.54, 1.807) is 0 Å². The zero-order valence-electron chi connectivity index (χ0n) is 15.4. The first-order valence-corrected chi connectivity index (χ1v) is 9.46. The molecule has 0 amide bonds. The highest BCUT2D eigenvalue weighted by molar-refractivity contribution is 5.63. The molecule has 1 aromatic heterocycles. The molecule has 2 N–H and O–H groups in total. The van der Waals surface area contributed by atoms with Gasteiger partial charge in [0.25, 0.3) is 0 Å². The minimum atomic E-state index is 0.651. The maximum Gasteiger partial charge on any atom is 0.243 e. The van der Waals surface area contributed by atoms with Gasteiger partial charge in [-0.1, -0.05) is 59.7 Å². The van der Waals surface area contributed by atoms with Crippen molar-refractivity contribution < 1.29 is 0 Å². The second-order valence-electron chi connectivity index (χ2n) is 6.74. The van der Waals surface area contributed by atoms with Gasteiger partial charge in [-0.15, -0.1) is 0 Å². The van der Waals surface area contributed by atoms with E-state index in [-0.39, 0.29) is 0 Å². The maximum atomic E-state index is 4.13. The van der Waals surface area contributed by atoms with Crippen molar-refractivity contribution in [1.29, 1.82) is 0 Å². The van der Waals surface area contributed by atoms with E-state index in [9.17, 15) is 0 Å². The summed E-state index contributed by atoms with van der Waals surface area (Å²) < 4.78 is 1.81. The lowest BCUT2D eigenvalue weighted by molar-refractivity contribution is 0.249. The molecule has 27 heavy (non-hydrogen) atoms. The van der Waals surface area contributed by atoms with Crippen LogP contribution in [0.4, 0.5) is 5.95 Å². The lowest BCUT2D eigenvalue weighted by atomic mass is 10.0. The normalized spacial score (nSPS) is 15.0. The Hall–Kier alpha value is -2.77. The Morgan fingerprint density at radius 1 is 0.926 bits per heavy atom. The molecule has 3 aromatic rings. The summed E-state index contributed by atoms with van der Waals surface area (Å²) in [5.74, 6) is 0.720. The third kappa shape index (κ3) is 4.69. The molecule has 2 aromatic carbocycles. The number of hydrogen-bond donors (Lipinski definition) is 2. The molecule has 1 fully saturated rings. The Kier molecular flexibility index (Phi) is 5.71. The fourth-order valence-electron chi connectivity index (χ4n) is 3.30. The minimum absolute atomic E-state index is 0.651. The summed E-state index contributed by atoms with van der Waals surface area (Å²) in [5.41, 5.74) is 3.61. The highest BCUT2D eigenvalue weighted by atomic mass is 15.6. The predicted molar refractivity (Wildman–Crippen MR) is 107 cm³/mol. The molecule has 0 unspecified atom stereocenters. The Balaban J connectivity index is 1.34. The van der Waals surface area contributed by atoms with Crippen molar-refractivity contribution in [2.24, 2.45) is 0 Å². The largest absolute Gasteiger partial charge is 0.352 e. The molecular formula is C20H25N7. The minimum Gasteiger partial charge on any atom is -0.352 e. The number of aromatic nitrogens is 4. The number of benzene rings is 2. The lowest BCUT2D eigenvalue weighted by Gasteiger charge is -2.27. The van der Waals surface area contributed by atoms with E-state index in [2.05, 4.69) is 79.6 Å². The average Bonchev–Trinajstić information content (AvgIpc) is 3.17. The molecule has 0 aliphatic carbocycles. The Bertz CT molecular complexity index is 823. The molecule has 1 saturated heterocycles. The topological polar surface area (TPSA) is 70.9 Å². The van der Waals surface area contributed by atoms with Gasteiger partial charge in [-0.3, -0.25) is 4.90 Å². The molecule has 0 atom stereocenters. The van der Waals surface area contributed by atoms with Crippen molar-refractivity contribution in [2.45, 2.75) is 6.54 Å². The van der Waals surface area contributed by atoms with E-state index in [4.69, 9.17) is 0 Å². The Morgan fingerprint density at radius 3 is 2.44 bits per heavy atom. The molecular weight excluding hydrogens is 338 g/mol. The lowest BCUT2D eigenvalue weighted by Crippen LogP contribution is -2.45. The fourth-order valence-corrected chi connectivity index (χ4v) is 3.30. The van der Waals surface area contributed by atoms with Crippen LogP contribution in [0, 0.1) is 0 Å². The van der Waals surface area contributed by atoms with Crippen molar-refractivity contribution in [3.63, 3.8) is 0 Å². The first-order valence-electron chi connectivity index (χ1n) is 9.46. The van der Waals surface area contributed by atoms with Gasteiger partial charge in [-0.05, 0) is 27.1 Å². The molecule has 140 valence electrons. The van der Waals surface area contributed by atoms with Crippen LogP contribution in [0.15, 0.2) is 54.6 Å². The van der Waals surface area contributed by atoms with Crippen molar-refractivity contribution in [3.05, 3.63) is 60.2 Å². The Labute approximate surface area is 159 Å². The molecule has 0 spiro atoms. The summed E-state index contributed by atoms with van der Waals surface area (Å²) in [5, 5.41) is 18.8. The molecule has 1 aliphatic rings. The number of tetrazole rings is 1. The van der Waals surface area contributed by atoms with Crippen LogP contribution in [-0.2, 0) is 6.54 Å². The second kappa shape index (κ2) is 8.75. The molecule has 0 radical (unpaired) electrons. The van der Waals surface area contributed by atoms with Crippen molar-refractivity contribution >= 4 is 5.95 Å². The van der Waals surface area contributed by atoms with Crippen LogP contribution in [0.2, 0.25) is 0 Å². The number of hydrogen-bond acceptors (Lipinski definition) is 6. The highest BCUT2D eigenvalue weighted by Crippen LogP contribution is 2.19. The van der Waals surface area contributed by atoms with E-state index in [0.29, 0.717) is 6.54 Å².